The summed E-state index contributed by atoms with van der Waals surface area (Å²) in [6, 6.07) is 14.1. The van der Waals surface area contributed by atoms with E-state index in [2.05, 4.69) is 49.8 Å². The minimum absolute atomic E-state index is 0.173. The molecule has 41 heavy (non-hydrogen) atoms. The van der Waals surface area contributed by atoms with Gasteiger partial charge < -0.3 is 25.0 Å². The van der Waals surface area contributed by atoms with Gasteiger partial charge in [-0.1, -0.05) is 11.2 Å². The first-order valence-corrected chi connectivity index (χ1v) is 13.7. The first-order chi connectivity index (χ1) is 19.9. The van der Waals surface area contributed by atoms with Crippen LogP contribution in [0.3, 0.4) is 0 Å². The number of fused-ring (bicyclic) bond motifs is 1. The van der Waals surface area contributed by atoms with Crippen LogP contribution in [-0.2, 0) is 6.54 Å². The van der Waals surface area contributed by atoms with Crippen molar-refractivity contribution < 1.29 is 4.52 Å². The smallest absolute Gasteiger partial charge is 0.261 e. The zero-order valence-corrected chi connectivity index (χ0v) is 23.4. The molecule has 4 aromatic heterocycles. The molecular weight excluding hydrogens is 518 g/mol. The number of hydrogen-bond acceptors (Lipinski definition) is 10. The normalized spacial score (nSPS) is 15.6. The van der Waals surface area contributed by atoms with Gasteiger partial charge in [0.2, 0.25) is 5.95 Å². The summed E-state index contributed by atoms with van der Waals surface area (Å²) in [6.07, 6.45) is 7.72. The molecular formula is C30H33N9O2. The maximum atomic E-state index is 14.0. The highest BCUT2D eigenvalue weighted by Crippen LogP contribution is 2.30. The van der Waals surface area contributed by atoms with Gasteiger partial charge in [-0.15, -0.1) is 0 Å². The second-order valence-corrected chi connectivity index (χ2v) is 10.7. The molecule has 0 bridgehead atoms. The lowest BCUT2D eigenvalue weighted by molar-refractivity contribution is 0.384. The minimum Gasteiger partial charge on any atom is -0.381 e. The van der Waals surface area contributed by atoms with Crippen LogP contribution in [0.1, 0.15) is 6.42 Å². The number of benzene rings is 1. The monoisotopic (exact) mass is 551 g/mol. The largest absolute Gasteiger partial charge is 0.381 e. The molecule has 0 aliphatic carbocycles. The summed E-state index contributed by atoms with van der Waals surface area (Å²) < 4.78 is 6.76. The Morgan fingerprint density at radius 2 is 1.90 bits per heavy atom. The molecule has 1 aromatic carbocycles. The molecule has 11 nitrogen and oxygen atoms in total. The minimum atomic E-state index is -0.173. The molecule has 5 aromatic rings. The molecule has 2 N–H and O–H groups in total. The van der Waals surface area contributed by atoms with E-state index in [0.29, 0.717) is 42.0 Å². The van der Waals surface area contributed by atoms with Crippen LogP contribution in [0.25, 0.3) is 33.4 Å². The van der Waals surface area contributed by atoms with E-state index < -0.39 is 0 Å². The zero-order chi connectivity index (χ0) is 28.3. The molecule has 5 heterocycles. The highest BCUT2D eigenvalue weighted by atomic mass is 16.5. The van der Waals surface area contributed by atoms with E-state index in [1.165, 1.54) is 0 Å². The Morgan fingerprint density at radius 1 is 1.07 bits per heavy atom. The highest BCUT2D eigenvalue weighted by Gasteiger charge is 2.20. The summed E-state index contributed by atoms with van der Waals surface area (Å²) in [5.74, 6) is 0.421. The van der Waals surface area contributed by atoms with Gasteiger partial charge in [-0.25, -0.2) is 4.98 Å². The second kappa shape index (κ2) is 11.5. The van der Waals surface area contributed by atoms with Crippen molar-refractivity contribution in [1.82, 2.24) is 34.5 Å². The third-order valence-corrected chi connectivity index (χ3v) is 7.31. The van der Waals surface area contributed by atoms with Crippen LogP contribution in [0.2, 0.25) is 0 Å². The summed E-state index contributed by atoms with van der Waals surface area (Å²) in [4.78, 5) is 32.3. The lowest BCUT2D eigenvalue weighted by atomic mass is 10.0. The predicted octanol–water partition coefficient (Wildman–Crippen LogP) is 3.93. The van der Waals surface area contributed by atoms with Crippen LogP contribution in [0.4, 0.5) is 17.3 Å². The van der Waals surface area contributed by atoms with E-state index in [1.54, 1.807) is 29.4 Å². The van der Waals surface area contributed by atoms with Crippen molar-refractivity contribution in [2.45, 2.75) is 19.0 Å². The number of nitrogens with zero attached hydrogens (tertiary/aromatic N) is 7. The fraction of sp³-hybridized carbons (Fsp3) is 0.300. The van der Waals surface area contributed by atoms with Gasteiger partial charge >= 0.3 is 0 Å². The summed E-state index contributed by atoms with van der Waals surface area (Å²) in [5, 5.41) is 11.5. The predicted molar refractivity (Wildman–Crippen MR) is 160 cm³/mol. The third kappa shape index (κ3) is 5.81. The van der Waals surface area contributed by atoms with Gasteiger partial charge in [-0.05, 0) is 70.5 Å². The SMILES string of the molecule is CN(C)CCn1c(=O)c(-c2ncccc2-c2cnoc2)cc2cnc(Nc3ccc(NC4CCN(C)C4)cc3)nc21. The van der Waals surface area contributed by atoms with Crippen molar-refractivity contribution >= 4 is 28.4 Å². The Bertz CT molecular complexity index is 1700. The number of aromatic nitrogens is 5. The Hall–Kier alpha value is -4.61. The Morgan fingerprint density at radius 3 is 2.63 bits per heavy atom. The van der Waals surface area contributed by atoms with Gasteiger partial charge in [0.15, 0.2) is 0 Å². The van der Waals surface area contributed by atoms with Crippen molar-refractivity contribution in [2.24, 2.45) is 0 Å². The van der Waals surface area contributed by atoms with Crippen LogP contribution in [0.5, 0.6) is 0 Å². The molecule has 1 aliphatic rings. The maximum absolute atomic E-state index is 14.0. The van der Waals surface area contributed by atoms with Gasteiger partial charge in [0.05, 0.1) is 17.5 Å². The molecule has 1 fully saturated rings. The summed E-state index contributed by atoms with van der Waals surface area (Å²) in [7, 11) is 6.10. The van der Waals surface area contributed by atoms with Crippen molar-refractivity contribution in [3.05, 3.63) is 77.7 Å². The van der Waals surface area contributed by atoms with Gasteiger partial charge in [0, 0.05) is 66.0 Å². The van der Waals surface area contributed by atoms with Crippen LogP contribution >= 0.6 is 0 Å². The third-order valence-electron chi connectivity index (χ3n) is 7.31. The van der Waals surface area contributed by atoms with Gasteiger partial charge in [-0.2, -0.15) is 4.98 Å². The standard InChI is InChI=1S/C30H33N9O2/c1-37(2)13-14-39-28-20(15-26(29(39)40)27-25(5-4-11-31-27)21-17-33-41-19-21)16-32-30(36-28)35-23-8-6-22(7-9-23)34-24-10-12-38(3)18-24/h4-9,11,15-17,19,24,34H,10,12-14,18H2,1-3H3,(H,32,35,36). The average molecular weight is 552 g/mol. The van der Waals surface area contributed by atoms with Crippen LogP contribution in [0.15, 0.2) is 76.6 Å². The Balaban J connectivity index is 1.33. The molecule has 1 unspecified atom stereocenters. The van der Waals surface area contributed by atoms with Crippen molar-refractivity contribution in [2.75, 3.05) is 51.4 Å². The molecule has 1 aliphatic heterocycles. The Kier molecular flexibility index (Phi) is 7.45. The van der Waals surface area contributed by atoms with E-state index >= 15 is 0 Å². The molecule has 0 saturated carbocycles. The van der Waals surface area contributed by atoms with E-state index in [1.807, 2.05) is 49.3 Å². The van der Waals surface area contributed by atoms with E-state index in [0.717, 1.165) is 47.4 Å². The van der Waals surface area contributed by atoms with E-state index in [-0.39, 0.29) is 5.56 Å². The van der Waals surface area contributed by atoms with Gasteiger partial charge in [-0.3, -0.25) is 14.3 Å². The van der Waals surface area contributed by atoms with E-state index in [9.17, 15) is 4.79 Å². The zero-order valence-electron chi connectivity index (χ0n) is 23.4. The van der Waals surface area contributed by atoms with Crippen molar-refractivity contribution in [1.29, 1.82) is 0 Å². The second-order valence-electron chi connectivity index (χ2n) is 10.7. The number of anilines is 3. The van der Waals surface area contributed by atoms with Crippen LogP contribution < -0.4 is 16.2 Å². The van der Waals surface area contributed by atoms with Gasteiger partial charge in [0.25, 0.3) is 5.56 Å². The quantitative estimate of drug-likeness (QED) is 0.279. The molecule has 1 saturated heterocycles. The summed E-state index contributed by atoms with van der Waals surface area (Å²) in [5.41, 5.74) is 4.87. The van der Waals surface area contributed by atoms with E-state index in [4.69, 9.17) is 9.51 Å². The highest BCUT2D eigenvalue weighted by molar-refractivity contribution is 5.86. The molecule has 0 spiro atoms. The molecule has 210 valence electrons. The molecule has 6 rings (SSSR count). The number of pyridine rings is 2. The fourth-order valence-electron chi connectivity index (χ4n) is 5.15. The van der Waals surface area contributed by atoms with Crippen molar-refractivity contribution in [3.63, 3.8) is 0 Å². The summed E-state index contributed by atoms with van der Waals surface area (Å²) >= 11 is 0. The van der Waals surface area contributed by atoms with Crippen LogP contribution in [0, 0.1) is 0 Å². The lowest BCUT2D eigenvalue weighted by Crippen LogP contribution is -2.28. The Labute approximate surface area is 237 Å². The molecule has 0 radical (unpaired) electrons. The van der Waals surface area contributed by atoms with Crippen LogP contribution in [-0.4, -0.2) is 81.3 Å². The van der Waals surface area contributed by atoms with Crippen molar-refractivity contribution in [3.8, 4) is 22.4 Å². The first-order valence-electron chi connectivity index (χ1n) is 13.7. The summed E-state index contributed by atoms with van der Waals surface area (Å²) in [6.45, 7) is 3.28. The first kappa shape index (κ1) is 26.6. The molecule has 1 atom stereocenters. The number of rotatable bonds is 9. The number of nitrogens with one attached hydrogen (secondary N) is 2. The maximum Gasteiger partial charge on any atom is 0.261 e. The average Bonchev–Trinajstić information content (AvgIpc) is 3.65. The lowest BCUT2D eigenvalue weighted by Gasteiger charge is -2.16. The molecule has 0 amide bonds. The number of hydrogen-bond donors (Lipinski definition) is 2. The van der Waals surface area contributed by atoms with Gasteiger partial charge in [0.1, 0.15) is 11.9 Å². The topological polar surface area (TPSA) is 117 Å². The number of likely N-dealkylation sites (tertiary alicyclic amines) is 1. The number of likely N-dealkylation sites (N-methyl/N-ethyl adjacent to an activating group) is 2. The molecule has 11 heteroatoms. The fourth-order valence-corrected chi connectivity index (χ4v) is 5.15.